The van der Waals surface area contributed by atoms with Crippen molar-refractivity contribution >= 4 is 23.3 Å². The van der Waals surface area contributed by atoms with Gasteiger partial charge in [-0.15, -0.1) is 0 Å². The van der Waals surface area contributed by atoms with Gasteiger partial charge < -0.3 is 19.6 Å². The highest BCUT2D eigenvalue weighted by atomic mass is 16.5. The molecule has 2 aromatic rings. The van der Waals surface area contributed by atoms with Crippen molar-refractivity contribution in [2.75, 3.05) is 12.4 Å². The fourth-order valence-electron chi connectivity index (χ4n) is 2.28. The SMILES string of the molecule is COc1cccc(NC(=O)[C@H](OC(=O)CCC(C)=O)c2ccccc2)c1. The number of methoxy groups -OCH3 is 1. The van der Waals surface area contributed by atoms with E-state index in [0.29, 0.717) is 17.0 Å². The zero-order valence-corrected chi connectivity index (χ0v) is 14.7. The van der Waals surface area contributed by atoms with Gasteiger partial charge in [-0.05, 0) is 19.1 Å². The first-order chi connectivity index (χ1) is 12.5. The summed E-state index contributed by atoms with van der Waals surface area (Å²) in [7, 11) is 1.53. The number of ketones is 1. The van der Waals surface area contributed by atoms with E-state index in [0.717, 1.165) is 0 Å². The average Bonchev–Trinajstić information content (AvgIpc) is 2.65. The van der Waals surface area contributed by atoms with Crippen molar-refractivity contribution in [2.45, 2.75) is 25.9 Å². The van der Waals surface area contributed by atoms with Gasteiger partial charge in [-0.1, -0.05) is 36.4 Å². The Labute approximate surface area is 152 Å². The van der Waals surface area contributed by atoms with Gasteiger partial charge in [0.2, 0.25) is 6.10 Å². The molecule has 0 bridgehead atoms. The minimum absolute atomic E-state index is 0.0644. The number of anilines is 1. The van der Waals surface area contributed by atoms with Crippen LogP contribution >= 0.6 is 0 Å². The summed E-state index contributed by atoms with van der Waals surface area (Å²) in [6.45, 7) is 1.40. The van der Waals surface area contributed by atoms with E-state index in [4.69, 9.17) is 9.47 Å². The molecule has 0 radical (unpaired) electrons. The number of carbonyl (C=O) groups is 3. The Morgan fingerprint density at radius 1 is 1.00 bits per heavy atom. The first-order valence-electron chi connectivity index (χ1n) is 8.18. The van der Waals surface area contributed by atoms with Gasteiger partial charge in [0.25, 0.3) is 5.91 Å². The number of ether oxygens (including phenoxy) is 2. The highest BCUT2D eigenvalue weighted by molar-refractivity contribution is 5.96. The van der Waals surface area contributed by atoms with E-state index in [2.05, 4.69) is 5.32 Å². The van der Waals surface area contributed by atoms with E-state index < -0.39 is 18.0 Å². The number of hydrogen-bond acceptors (Lipinski definition) is 5. The maximum Gasteiger partial charge on any atom is 0.307 e. The molecule has 2 rings (SSSR count). The van der Waals surface area contributed by atoms with Crippen LogP contribution in [-0.2, 0) is 19.1 Å². The minimum atomic E-state index is -1.11. The van der Waals surface area contributed by atoms with E-state index >= 15 is 0 Å². The molecule has 1 amide bonds. The molecule has 0 unspecified atom stereocenters. The molecular weight excluding hydrogens is 334 g/mol. The molecule has 0 heterocycles. The Morgan fingerprint density at radius 2 is 1.73 bits per heavy atom. The predicted molar refractivity (Wildman–Crippen MR) is 96.8 cm³/mol. The average molecular weight is 355 g/mol. The lowest BCUT2D eigenvalue weighted by molar-refractivity contribution is -0.155. The Balaban J connectivity index is 2.15. The summed E-state index contributed by atoms with van der Waals surface area (Å²) in [5.74, 6) is -0.605. The van der Waals surface area contributed by atoms with E-state index in [1.807, 2.05) is 0 Å². The van der Waals surface area contributed by atoms with Crippen LogP contribution in [0, 0.1) is 0 Å². The van der Waals surface area contributed by atoms with Gasteiger partial charge in [0.15, 0.2) is 0 Å². The summed E-state index contributed by atoms with van der Waals surface area (Å²) in [6, 6.07) is 15.6. The quantitative estimate of drug-likeness (QED) is 0.735. The summed E-state index contributed by atoms with van der Waals surface area (Å²) in [4.78, 5) is 35.7. The number of Topliss-reactive ketones (excluding diaryl/α,β-unsaturated/α-hetero) is 1. The molecule has 0 aliphatic rings. The van der Waals surface area contributed by atoms with Crippen LogP contribution in [0.3, 0.4) is 0 Å². The number of amides is 1. The largest absolute Gasteiger partial charge is 0.497 e. The smallest absolute Gasteiger partial charge is 0.307 e. The lowest BCUT2D eigenvalue weighted by Gasteiger charge is -2.18. The Hall–Kier alpha value is -3.15. The highest BCUT2D eigenvalue weighted by Crippen LogP contribution is 2.23. The fourth-order valence-corrected chi connectivity index (χ4v) is 2.28. The van der Waals surface area contributed by atoms with Crippen molar-refractivity contribution in [1.29, 1.82) is 0 Å². The molecule has 0 saturated heterocycles. The number of carbonyl (C=O) groups excluding carboxylic acids is 3. The summed E-state index contributed by atoms with van der Waals surface area (Å²) < 4.78 is 10.5. The van der Waals surface area contributed by atoms with Gasteiger partial charge in [0.1, 0.15) is 11.5 Å². The minimum Gasteiger partial charge on any atom is -0.497 e. The van der Waals surface area contributed by atoms with Gasteiger partial charge in [-0.25, -0.2) is 0 Å². The maximum absolute atomic E-state index is 12.7. The zero-order valence-electron chi connectivity index (χ0n) is 14.7. The van der Waals surface area contributed by atoms with Gasteiger partial charge in [0.05, 0.1) is 13.5 Å². The topological polar surface area (TPSA) is 81.7 Å². The molecule has 0 aliphatic heterocycles. The summed E-state index contributed by atoms with van der Waals surface area (Å²) in [5.41, 5.74) is 1.07. The second-order valence-corrected chi connectivity index (χ2v) is 5.70. The standard InChI is InChI=1S/C20H21NO5/c1-14(22)11-12-18(23)26-19(15-7-4-3-5-8-15)20(24)21-16-9-6-10-17(13-16)25-2/h3-10,13,19H,11-12H2,1-2H3,(H,21,24)/t19-/m1/s1. The van der Waals surface area contributed by atoms with E-state index in [1.165, 1.54) is 14.0 Å². The van der Waals surface area contributed by atoms with Crippen LogP contribution in [0.4, 0.5) is 5.69 Å². The molecule has 0 aliphatic carbocycles. The molecule has 6 heteroatoms. The number of nitrogens with one attached hydrogen (secondary N) is 1. The lowest BCUT2D eigenvalue weighted by Crippen LogP contribution is -2.26. The van der Waals surface area contributed by atoms with Crippen LogP contribution in [0.15, 0.2) is 54.6 Å². The number of hydrogen-bond donors (Lipinski definition) is 1. The molecule has 0 fully saturated rings. The van der Waals surface area contributed by atoms with E-state index in [9.17, 15) is 14.4 Å². The predicted octanol–water partition coefficient (Wildman–Crippen LogP) is 3.29. The van der Waals surface area contributed by atoms with Crippen LogP contribution in [0.1, 0.15) is 31.4 Å². The van der Waals surface area contributed by atoms with Crippen molar-refractivity contribution in [1.82, 2.24) is 0 Å². The van der Waals surface area contributed by atoms with Crippen LogP contribution in [0.25, 0.3) is 0 Å². The number of benzene rings is 2. The first kappa shape index (κ1) is 19.2. The molecule has 2 aromatic carbocycles. The first-order valence-corrected chi connectivity index (χ1v) is 8.18. The van der Waals surface area contributed by atoms with Crippen molar-refractivity contribution in [2.24, 2.45) is 0 Å². The molecule has 26 heavy (non-hydrogen) atoms. The molecule has 1 atom stereocenters. The number of esters is 1. The summed E-state index contributed by atoms with van der Waals surface area (Å²) in [6.07, 6.45) is -1.09. The second-order valence-electron chi connectivity index (χ2n) is 5.70. The van der Waals surface area contributed by atoms with E-state index in [1.54, 1.807) is 54.6 Å². The molecule has 136 valence electrons. The Bertz CT molecular complexity index is 773. The molecule has 0 spiro atoms. The Morgan fingerprint density at radius 3 is 2.38 bits per heavy atom. The fraction of sp³-hybridized carbons (Fsp3) is 0.250. The van der Waals surface area contributed by atoms with E-state index in [-0.39, 0.29) is 18.6 Å². The van der Waals surface area contributed by atoms with Gasteiger partial charge in [0, 0.05) is 23.7 Å². The molecule has 0 saturated carbocycles. The number of rotatable bonds is 8. The third-order valence-electron chi connectivity index (χ3n) is 3.61. The molecule has 6 nitrogen and oxygen atoms in total. The Kier molecular flexibility index (Phi) is 6.91. The normalized spacial score (nSPS) is 11.3. The van der Waals surface area contributed by atoms with Gasteiger partial charge in [-0.2, -0.15) is 0 Å². The maximum atomic E-state index is 12.7. The molecular formula is C20H21NO5. The zero-order chi connectivity index (χ0) is 18.9. The van der Waals surface area contributed by atoms with Crippen LogP contribution in [0.2, 0.25) is 0 Å². The van der Waals surface area contributed by atoms with Crippen LogP contribution in [0.5, 0.6) is 5.75 Å². The second kappa shape index (κ2) is 9.36. The third kappa shape index (κ3) is 5.73. The lowest BCUT2D eigenvalue weighted by atomic mass is 10.1. The molecule has 1 N–H and O–H groups in total. The highest BCUT2D eigenvalue weighted by Gasteiger charge is 2.25. The van der Waals surface area contributed by atoms with Crippen molar-refractivity contribution in [3.05, 3.63) is 60.2 Å². The van der Waals surface area contributed by atoms with Crippen molar-refractivity contribution in [3.63, 3.8) is 0 Å². The van der Waals surface area contributed by atoms with Crippen LogP contribution in [-0.4, -0.2) is 24.8 Å². The molecule has 0 aromatic heterocycles. The summed E-state index contributed by atoms with van der Waals surface area (Å²) in [5, 5.41) is 2.72. The van der Waals surface area contributed by atoms with Crippen molar-refractivity contribution in [3.8, 4) is 5.75 Å². The monoisotopic (exact) mass is 355 g/mol. The summed E-state index contributed by atoms with van der Waals surface area (Å²) >= 11 is 0. The van der Waals surface area contributed by atoms with Gasteiger partial charge >= 0.3 is 5.97 Å². The van der Waals surface area contributed by atoms with Crippen molar-refractivity contribution < 1.29 is 23.9 Å². The third-order valence-corrected chi connectivity index (χ3v) is 3.61. The van der Waals surface area contributed by atoms with Gasteiger partial charge in [-0.3, -0.25) is 9.59 Å². The van der Waals surface area contributed by atoms with Crippen LogP contribution < -0.4 is 10.1 Å².